The van der Waals surface area contributed by atoms with Crippen LogP contribution in [-0.2, 0) is 0 Å². The Bertz CT molecular complexity index is 641. The standard InChI is InChI=1S/C14H11Cl2NO2/c1-8-5-6-12(18)9(7-8)14(19)17-11-4-2-3-10(15)13(11)16/h2-7,18H,1H3,(H,17,19). The third kappa shape index (κ3) is 3.00. The predicted octanol–water partition coefficient (Wildman–Crippen LogP) is 4.26. The van der Waals surface area contributed by atoms with Gasteiger partial charge in [-0.3, -0.25) is 4.79 Å². The molecule has 2 aromatic rings. The fourth-order valence-corrected chi connectivity index (χ4v) is 1.97. The highest BCUT2D eigenvalue weighted by molar-refractivity contribution is 6.44. The molecule has 1 amide bonds. The number of phenolic OH excluding ortho intramolecular Hbond substituents is 1. The summed E-state index contributed by atoms with van der Waals surface area (Å²) in [6, 6.07) is 9.74. The summed E-state index contributed by atoms with van der Waals surface area (Å²) in [5.74, 6) is -0.522. The molecule has 0 bridgehead atoms. The smallest absolute Gasteiger partial charge is 0.259 e. The molecule has 0 radical (unpaired) electrons. The highest BCUT2D eigenvalue weighted by Crippen LogP contribution is 2.30. The zero-order valence-electron chi connectivity index (χ0n) is 10.1. The van der Waals surface area contributed by atoms with Gasteiger partial charge in [0.05, 0.1) is 21.3 Å². The Labute approximate surface area is 120 Å². The van der Waals surface area contributed by atoms with E-state index in [9.17, 15) is 9.90 Å². The fourth-order valence-electron chi connectivity index (χ4n) is 1.62. The minimum atomic E-state index is -0.439. The largest absolute Gasteiger partial charge is 0.507 e. The molecule has 2 aromatic carbocycles. The monoisotopic (exact) mass is 295 g/mol. The van der Waals surface area contributed by atoms with Crippen molar-refractivity contribution >= 4 is 34.8 Å². The van der Waals surface area contributed by atoms with E-state index in [2.05, 4.69) is 5.32 Å². The van der Waals surface area contributed by atoms with Gasteiger partial charge < -0.3 is 10.4 Å². The third-order valence-electron chi connectivity index (χ3n) is 2.60. The van der Waals surface area contributed by atoms with Crippen molar-refractivity contribution < 1.29 is 9.90 Å². The molecule has 0 aromatic heterocycles. The number of aromatic hydroxyl groups is 1. The molecule has 0 aliphatic rings. The predicted molar refractivity (Wildman–Crippen MR) is 77.3 cm³/mol. The van der Waals surface area contributed by atoms with E-state index in [4.69, 9.17) is 23.2 Å². The molecule has 19 heavy (non-hydrogen) atoms. The minimum Gasteiger partial charge on any atom is -0.507 e. The van der Waals surface area contributed by atoms with Crippen molar-refractivity contribution in [3.05, 3.63) is 57.6 Å². The van der Waals surface area contributed by atoms with Crippen molar-refractivity contribution in [2.45, 2.75) is 6.92 Å². The molecule has 0 spiro atoms. The van der Waals surface area contributed by atoms with E-state index in [1.807, 2.05) is 6.92 Å². The van der Waals surface area contributed by atoms with Crippen LogP contribution >= 0.6 is 23.2 Å². The van der Waals surface area contributed by atoms with Crippen LogP contribution in [0.25, 0.3) is 0 Å². The number of rotatable bonds is 2. The number of halogens is 2. The first-order valence-corrected chi connectivity index (χ1v) is 6.29. The number of carbonyl (C=O) groups excluding carboxylic acids is 1. The molecule has 3 nitrogen and oxygen atoms in total. The molecule has 0 aliphatic carbocycles. The van der Waals surface area contributed by atoms with Gasteiger partial charge in [-0.15, -0.1) is 0 Å². The summed E-state index contributed by atoms with van der Waals surface area (Å²) in [6.45, 7) is 1.84. The van der Waals surface area contributed by atoms with Gasteiger partial charge in [0.15, 0.2) is 0 Å². The second-order valence-electron chi connectivity index (χ2n) is 4.08. The molecule has 0 fully saturated rings. The molecule has 2 rings (SSSR count). The van der Waals surface area contributed by atoms with Crippen molar-refractivity contribution in [2.75, 3.05) is 5.32 Å². The van der Waals surface area contributed by atoms with Crippen LogP contribution in [0.5, 0.6) is 5.75 Å². The second-order valence-corrected chi connectivity index (χ2v) is 4.86. The van der Waals surface area contributed by atoms with Crippen LogP contribution in [0, 0.1) is 6.92 Å². The van der Waals surface area contributed by atoms with Crippen molar-refractivity contribution in [3.63, 3.8) is 0 Å². The van der Waals surface area contributed by atoms with Gasteiger partial charge in [-0.2, -0.15) is 0 Å². The van der Waals surface area contributed by atoms with Crippen LogP contribution in [0.3, 0.4) is 0 Å². The molecule has 5 heteroatoms. The summed E-state index contributed by atoms with van der Waals surface area (Å²) in [4.78, 5) is 12.1. The Kier molecular flexibility index (Phi) is 3.98. The SMILES string of the molecule is Cc1ccc(O)c(C(=O)Nc2cccc(Cl)c2Cl)c1. The van der Waals surface area contributed by atoms with Gasteiger partial charge in [0.25, 0.3) is 5.91 Å². The van der Waals surface area contributed by atoms with Gasteiger partial charge in [0.2, 0.25) is 0 Å². The van der Waals surface area contributed by atoms with Crippen LogP contribution in [0.15, 0.2) is 36.4 Å². The summed E-state index contributed by atoms with van der Waals surface area (Å²) < 4.78 is 0. The Morgan fingerprint density at radius 1 is 1.21 bits per heavy atom. The maximum Gasteiger partial charge on any atom is 0.259 e. The maximum absolute atomic E-state index is 12.1. The van der Waals surface area contributed by atoms with E-state index in [1.165, 1.54) is 6.07 Å². The molecule has 98 valence electrons. The molecule has 2 N–H and O–H groups in total. The van der Waals surface area contributed by atoms with Crippen LogP contribution < -0.4 is 5.32 Å². The molecule has 0 aliphatic heterocycles. The van der Waals surface area contributed by atoms with Crippen LogP contribution in [0.4, 0.5) is 5.69 Å². The fraction of sp³-hybridized carbons (Fsp3) is 0.0714. The number of phenols is 1. The van der Waals surface area contributed by atoms with Gasteiger partial charge in [0, 0.05) is 0 Å². The average Bonchev–Trinajstić information content (AvgIpc) is 2.38. The van der Waals surface area contributed by atoms with Crippen molar-refractivity contribution in [1.29, 1.82) is 0 Å². The highest BCUT2D eigenvalue weighted by atomic mass is 35.5. The molecule has 0 atom stereocenters. The lowest BCUT2D eigenvalue weighted by molar-refractivity contribution is 0.102. The Hall–Kier alpha value is -1.71. The third-order valence-corrected chi connectivity index (χ3v) is 3.42. The van der Waals surface area contributed by atoms with E-state index in [1.54, 1.807) is 30.3 Å². The zero-order chi connectivity index (χ0) is 14.0. The van der Waals surface area contributed by atoms with Gasteiger partial charge in [-0.05, 0) is 31.2 Å². The molecular weight excluding hydrogens is 285 g/mol. The van der Waals surface area contributed by atoms with E-state index in [-0.39, 0.29) is 16.3 Å². The highest BCUT2D eigenvalue weighted by Gasteiger charge is 2.13. The first kappa shape index (κ1) is 13.7. The number of aryl methyl sites for hydroxylation is 1. The van der Waals surface area contributed by atoms with Crippen LogP contribution in [-0.4, -0.2) is 11.0 Å². The average molecular weight is 296 g/mol. The summed E-state index contributed by atoms with van der Waals surface area (Å²) in [5, 5.41) is 12.9. The summed E-state index contributed by atoms with van der Waals surface area (Å²) in [7, 11) is 0. The normalized spacial score (nSPS) is 10.3. The number of carbonyl (C=O) groups is 1. The Morgan fingerprint density at radius 2 is 1.95 bits per heavy atom. The van der Waals surface area contributed by atoms with Gasteiger partial charge in [-0.25, -0.2) is 0 Å². The van der Waals surface area contributed by atoms with Gasteiger partial charge in [-0.1, -0.05) is 40.9 Å². The number of benzene rings is 2. The molecular formula is C14H11Cl2NO2. The van der Waals surface area contributed by atoms with Crippen molar-refractivity contribution in [1.82, 2.24) is 0 Å². The van der Waals surface area contributed by atoms with Crippen LogP contribution in [0.2, 0.25) is 10.0 Å². The Morgan fingerprint density at radius 3 is 2.68 bits per heavy atom. The molecule has 0 saturated carbocycles. The maximum atomic E-state index is 12.1. The molecule has 0 heterocycles. The number of hydrogen-bond acceptors (Lipinski definition) is 2. The first-order valence-electron chi connectivity index (χ1n) is 5.54. The summed E-state index contributed by atoms with van der Waals surface area (Å²) >= 11 is 11.9. The first-order chi connectivity index (χ1) is 8.99. The van der Waals surface area contributed by atoms with Gasteiger partial charge in [0.1, 0.15) is 5.75 Å². The van der Waals surface area contributed by atoms with E-state index < -0.39 is 5.91 Å². The number of nitrogens with one attached hydrogen (secondary N) is 1. The zero-order valence-corrected chi connectivity index (χ0v) is 11.6. The number of hydrogen-bond donors (Lipinski definition) is 2. The number of amides is 1. The lowest BCUT2D eigenvalue weighted by Crippen LogP contribution is -2.12. The van der Waals surface area contributed by atoms with E-state index >= 15 is 0 Å². The summed E-state index contributed by atoms with van der Waals surface area (Å²) in [5.41, 5.74) is 1.47. The van der Waals surface area contributed by atoms with E-state index in [0.29, 0.717) is 10.7 Å². The minimum absolute atomic E-state index is 0.0822. The quantitative estimate of drug-likeness (QED) is 0.870. The van der Waals surface area contributed by atoms with Crippen molar-refractivity contribution in [3.8, 4) is 5.75 Å². The van der Waals surface area contributed by atoms with E-state index in [0.717, 1.165) is 5.56 Å². The molecule has 0 unspecified atom stereocenters. The lowest BCUT2D eigenvalue weighted by Gasteiger charge is -2.09. The summed E-state index contributed by atoms with van der Waals surface area (Å²) in [6.07, 6.45) is 0. The molecule has 0 saturated heterocycles. The topological polar surface area (TPSA) is 49.3 Å². The second kappa shape index (κ2) is 5.51. The van der Waals surface area contributed by atoms with Gasteiger partial charge >= 0.3 is 0 Å². The van der Waals surface area contributed by atoms with Crippen molar-refractivity contribution in [2.24, 2.45) is 0 Å². The number of anilines is 1. The Balaban J connectivity index is 2.31. The van der Waals surface area contributed by atoms with Crippen LogP contribution in [0.1, 0.15) is 15.9 Å². The lowest BCUT2D eigenvalue weighted by atomic mass is 10.1.